The van der Waals surface area contributed by atoms with Gasteiger partial charge in [0.25, 0.3) is 0 Å². The molecular weight excluding hydrogens is 266 g/mol. The average molecular weight is 278 g/mol. The molecule has 92 valence electrons. The Hall–Kier alpha value is -1.52. The summed E-state index contributed by atoms with van der Waals surface area (Å²) in [5.41, 5.74) is 9.13. The van der Waals surface area contributed by atoms with E-state index in [1.807, 2.05) is 22.8 Å². The molecule has 3 aromatic rings. The minimum Gasteiger partial charge on any atom is -0.369 e. The summed E-state index contributed by atoms with van der Waals surface area (Å²) in [5, 5.41) is 2.77. The lowest BCUT2D eigenvalue weighted by Crippen LogP contribution is -2.04. The van der Waals surface area contributed by atoms with Crippen molar-refractivity contribution in [2.24, 2.45) is 0 Å². The quantitative estimate of drug-likeness (QED) is 0.776. The molecule has 3 rings (SSSR count). The molecule has 0 aliphatic carbocycles. The predicted molar refractivity (Wildman–Crippen MR) is 77.3 cm³/mol. The Morgan fingerprint density at radius 1 is 1.39 bits per heavy atom. The third-order valence-corrected chi connectivity index (χ3v) is 4.25. The van der Waals surface area contributed by atoms with E-state index in [2.05, 4.69) is 23.4 Å². The van der Waals surface area contributed by atoms with Crippen molar-refractivity contribution in [1.82, 2.24) is 9.55 Å². The summed E-state index contributed by atoms with van der Waals surface area (Å²) < 4.78 is 2.02. The van der Waals surface area contributed by atoms with Crippen molar-refractivity contribution >= 4 is 39.9 Å². The number of rotatable bonds is 2. The SMILES string of the molecule is Cc1ccsc1Cn1c(N)nc2cc(Cl)ccc21. The fourth-order valence-electron chi connectivity index (χ4n) is 2.00. The monoisotopic (exact) mass is 277 g/mol. The molecule has 0 spiro atoms. The van der Waals surface area contributed by atoms with Crippen LogP contribution in [0.1, 0.15) is 10.4 Å². The van der Waals surface area contributed by atoms with E-state index in [1.54, 1.807) is 11.3 Å². The summed E-state index contributed by atoms with van der Waals surface area (Å²) in [6.45, 7) is 2.87. The lowest BCUT2D eigenvalue weighted by atomic mass is 10.3. The Kier molecular flexibility index (Phi) is 2.76. The minimum absolute atomic E-state index is 0.528. The van der Waals surface area contributed by atoms with Crippen LogP contribution in [0, 0.1) is 6.92 Å². The number of hydrogen-bond donors (Lipinski definition) is 1. The van der Waals surface area contributed by atoms with Crippen molar-refractivity contribution in [3.05, 3.63) is 45.1 Å². The van der Waals surface area contributed by atoms with E-state index < -0.39 is 0 Å². The Bertz CT molecular complexity index is 714. The molecular formula is C13H12ClN3S. The van der Waals surface area contributed by atoms with Crippen LogP contribution in [0.2, 0.25) is 5.02 Å². The van der Waals surface area contributed by atoms with Crippen LogP contribution in [0.25, 0.3) is 11.0 Å². The molecule has 3 nitrogen and oxygen atoms in total. The first-order valence-corrected chi connectivity index (χ1v) is 6.85. The third kappa shape index (κ3) is 1.87. The summed E-state index contributed by atoms with van der Waals surface area (Å²) >= 11 is 7.70. The molecule has 0 saturated carbocycles. The predicted octanol–water partition coefficient (Wildman–Crippen LogP) is 3.69. The Morgan fingerprint density at radius 3 is 2.94 bits per heavy atom. The van der Waals surface area contributed by atoms with Gasteiger partial charge < -0.3 is 10.3 Å². The smallest absolute Gasteiger partial charge is 0.201 e. The van der Waals surface area contributed by atoms with E-state index in [-0.39, 0.29) is 0 Å². The Morgan fingerprint density at radius 2 is 2.22 bits per heavy atom. The van der Waals surface area contributed by atoms with Crippen LogP contribution in [-0.2, 0) is 6.54 Å². The zero-order chi connectivity index (χ0) is 12.7. The highest BCUT2D eigenvalue weighted by atomic mass is 35.5. The maximum atomic E-state index is 5.98. The highest BCUT2D eigenvalue weighted by molar-refractivity contribution is 7.10. The molecule has 0 atom stereocenters. The summed E-state index contributed by atoms with van der Waals surface area (Å²) in [6, 6.07) is 7.78. The second-order valence-corrected chi connectivity index (χ2v) is 5.65. The van der Waals surface area contributed by atoms with Gasteiger partial charge in [0.15, 0.2) is 0 Å². The highest BCUT2D eigenvalue weighted by Gasteiger charge is 2.10. The molecule has 0 radical (unpaired) electrons. The fourth-order valence-corrected chi connectivity index (χ4v) is 3.06. The standard InChI is InChI=1S/C13H12ClN3S/c1-8-4-5-18-12(8)7-17-11-3-2-9(14)6-10(11)16-13(17)15/h2-6H,7H2,1H3,(H2,15,16). The zero-order valence-electron chi connectivity index (χ0n) is 9.85. The number of hydrogen-bond acceptors (Lipinski definition) is 3. The molecule has 0 fully saturated rings. The van der Waals surface area contributed by atoms with Gasteiger partial charge in [0.2, 0.25) is 5.95 Å². The fraction of sp³-hybridized carbons (Fsp3) is 0.154. The van der Waals surface area contributed by atoms with Gasteiger partial charge in [-0.15, -0.1) is 11.3 Å². The number of aromatic nitrogens is 2. The van der Waals surface area contributed by atoms with Crippen LogP contribution in [0.3, 0.4) is 0 Å². The van der Waals surface area contributed by atoms with Gasteiger partial charge in [-0.05, 0) is 42.1 Å². The number of thiophene rings is 1. The number of anilines is 1. The van der Waals surface area contributed by atoms with E-state index in [0.717, 1.165) is 17.6 Å². The van der Waals surface area contributed by atoms with Gasteiger partial charge in [-0.25, -0.2) is 4.98 Å². The maximum absolute atomic E-state index is 5.98. The van der Waals surface area contributed by atoms with Crippen molar-refractivity contribution in [3.63, 3.8) is 0 Å². The third-order valence-electron chi connectivity index (χ3n) is 3.01. The number of nitrogens with zero attached hydrogens (tertiary/aromatic N) is 2. The zero-order valence-corrected chi connectivity index (χ0v) is 11.4. The molecule has 0 amide bonds. The second-order valence-electron chi connectivity index (χ2n) is 4.22. The first-order chi connectivity index (χ1) is 8.65. The molecule has 5 heteroatoms. The first-order valence-electron chi connectivity index (χ1n) is 5.59. The van der Waals surface area contributed by atoms with Crippen LogP contribution in [0.4, 0.5) is 5.95 Å². The summed E-state index contributed by atoms with van der Waals surface area (Å²) in [5.74, 6) is 0.528. The van der Waals surface area contributed by atoms with Crippen molar-refractivity contribution in [1.29, 1.82) is 0 Å². The molecule has 2 N–H and O–H groups in total. The van der Waals surface area contributed by atoms with Crippen molar-refractivity contribution in [2.75, 3.05) is 5.73 Å². The topological polar surface area (TPSA) is 43.8 Å². The number of nitrogen functional groups attached to an aromatic ring is 1. The lowest BCUT2D eigenvalue weighted by molar-refractivity contribution is 0.848. The van der Waals surface area contributed by atoms with Crippen LogP contribution >= 0.6 is 22.9 Å². The number of imidazole rings is 1. The summed E-state index contributed by atoms with van der Waals surface area (Å²) in [7, 11) is 0. The van der Waals surface area contributed by atoms with Crippen LogP contribution in [0.5, 0.6) is 0 Å². The summed E-state index contributed by atoms with van der Waals surface area (Å²) in [4.78, 5) is 5.65. The van der Waals surface area contributed by atoms with E-state index >= 15 is 0 Å². The summed E-state index contributed by atoms with van der Waals surface area (Å²) in [6.07, 6.45) is 0. The van der Waals surface area contributed by atoms with E-state index in [0.29, 0.717) is 11.0 Å². The van der Waals surface area contributed by atoms with E-state index in [9.17, 15) is 0 Å². The van der Waals surface area contributed by atoms with E-state index in [4.69, 9.17) is 17.3 Å². The minimum atomic E-state index is 0.528. The van der Waals surface area contributed by atoms with Gasteiger partial charge in [-0.3, -0.25) is 0 Å². The maximum Gasteiger partial charge on any atom is 0.201 e. The first kappa shape index (κ1) is 11.6. The molecule has 1 aromatic carbocycles. The van der Waals surface area contributed by atoms with Gasteiger partial charge >= 0.3 is 0 Å². The van der Waals surface area contributed by atoms with E-state index in [1.165, 1.54) is 10.4 Å². The van der Waals surface area contributed by atoms with Gasteiger partial charge in [0.05, 0.1) is 17.6 Å². The molecule has 2 heterocycles. The van der Waals surface area contributed by atoms with Crippen LogP contribution in [-0.4, -0.2) is 9.55 Å². The second kappa shape index (κ2) is 4.30. The highest BCUT2D eigenvalue weighted by Crippen LogP contribution is 2.25. The number of benzene rings is 1. The molecule has 0 bridgehead atoms. The van der Waals surface area contributed by atoms with Crippen LogP contribution in [0.15, 0.2) is 29.6 Å². The number of nitrogens with two attached hydrogens (primary N) is 1. The number of aryl methyl sites for hydroxylation is 1. The van der Waals surface area contributed by atoms with Gasteiger partial charge in [0, 0.05) is 9.90 Å². The Balaban J connectivity index is 2.11. The number of halogens is 1. The molecule has 2 aromatic heterocycles. The largest absolute Gasteiger partial charge is 0.369 e. The number of fused-ring (bicyclic) bond motifs is 1. The van der Waals surface area contributed by atoms with Crippen molar-refractivity contribution in [3.8, 4) is 0 Å². The van der Waals surface area contributed by atoms with Gasteiger partial charge in [-0.2, -0.15) is 0 Å². The molecule has 0 aliphatic rings. The molecule has 0 unspecified atom stereocenters. The van der Waals surface area contributed by atoms with Crippen molar-refractivity contribution < 1.29 is 0 Å². The Labute approximate surface area is 114 Å². The molecule has 18 heavy (non-hydrogen) atoms. The van der Waals surface area contributed by atoms with Gasteiger partial charge in [-0.1, -0.05) is 11.6 Å². The normalized spacial score (nSPS) is 11.2. The van der Waals surface area contributed by atoms with Gasteiger partial charge in [0.1, 0.15) is 0 Å². The lowest BCUT2D eigenvalue weighted by Gasteiger charge is -2.05. The van der Waals surface area contributed by atoms with Crippen molar-refractivity contribution in [2.45, 2.75) is 13.5 Å². The average Bonchev–Trinajstić information content (AvgIpc) is 2.85. The molecule has 0 saturated heterocycles. The molecule has 0 aliphatic heterocycles. The van der Waals surface area contributed by atoms with Crippen LogP contribution < -0.4 is 5.73 Å².